The molecular weight excluding hydrogens is 262 g/mol. The van der Waals surface area contributed by atoms with Crippen LogP contribution in [-0.4, -0.2) is 18.2 Å². The van der Waals surface area contributed by atoms with E-state index in [-0.39, 0.29) is 10.7 Å². The third-order valence-corrected chi connectivity index (χ3v) is 4.81. The molecule has 0 saturated carbocycles. The lowest BCUT2D eigenvalue weighted by atomic mass is 10.1. The molecule has 1 aromatic heterocycles. The van der Waals surface area contributed by atoms with E-state index < -0.39 is 10.0 Å². The second kappa shape index (κ2) is 4.66. The molecule has 0 unspecified atom stereocenters. The van der Waals surface area contributed by atoms with E-state index >= 15 is 0 Å². The molecule has 0 bridgehead atoms. The van der Waals surface area contributed by atoms with Gasteiger partial charge in [-0.2, -0.15) is 0 Å². The van der Waals surface area contributed by atoms with Gasteiger partial charge in [-0.3, -0.25) is 4.79 Å². The van der Waals surface area contributed by atoms with Crippen LogP contribution in [0.25, 0.3) is 0 Å². The van der Waals surface area contributed by atoms with Gasteiger partial charge in [-0.15, -0.1) is 0 Å². The smallest absolute Gasteiger partial charge is 0.267 e. The van der Waals surface area contributed by atoms with E-state index in [4.69, 9.17) is 0 Å². The Hall–Kier alpha value is -1.88. The summed E-state index contributed by atoms with van der Waals surface area (Å²) in [5, 5.41) is 0. The zero-order valence-corrected chi connectivity index (χ0v) is 11.9. The molecule has 0 amide bonds. The highest BCUT2D eigenvalue weighted by atomic mass is 32.2. The number of hydrogen-bond acceptors (Lipinski definition) is 3. The Morgan fingerprint density at radius 2 is 1.68 bits per heavy atom. The van der Waals surface area contributed by atoms with E-state index in [9.17, 15) is 13.2 Å². The minimum absolute atomic E-state index is 0.128. The maximum atomic E-state index is 12.5. The molecule has 4 nitrogen and oxygen atoms in total. The number of benzene rings is 1. The van der Waals surface area contributed by atoms with Gasteiger partial charge in [-0.1, -0.05) is 18.2 Å². The van der Waals surface area contributed by atoms with Crippen molar-refractivity contribution in [1.29, 1.82) is 0 Å². The fraction of sp³-hybridized carbons (Fsp3) is 0.214. The van der Waals surface area contributed by atoms with Gasteiger partial charge < -0.3 is 0 Å². The molecule has 0 aliphatic heterocycles. The SMILES string of the molecule is CC(=O)c1c(C)cn(S(=O)(=O)c2ccccc2)c1C. The fourth-order valence-corrected chi connectivity index (χ4v) is 3.70. The first-order chi connectivity index (χ1) is 8.85. The number of carbonyl (C=O) groups excluding carboxylic acids is 1. The molecule has 19 heavy (non-hydrogen) atoms. The van der Waals surface area contributed by atoms with Gasteiger partial charge in [0.15, 0.2) is 5.78 Å². The topological polar surface area (TPSA) is 56.1 Å². The van der Waals surface area contributed by atoms with Crippen LogP contribution in [0.3, 0.4) is 0 Å². The van der Waals surface area contributed by atoms with E-state index in [1.807, 2.05) is 0 Å². The molecule has 0 fully saturated rings. The number of ketones is 1. The third kappa shape index (κ3) is 2.21. The van der Waals surface area contributed by atoms with Crippen LogP contribution < -0.4 is 0 Å². The van der Waals surface area contributed by atoms with Gasteiger partial charge in [0.1, 0.15) is 0 Å². The van der Waals surface area contributed by atoms with Crippen LogP contribution in [0.15, 0.2) is 41.4 Å². The quantitative estimate of drug-likeness (QED) is 0.810. The normalized spacial score (nSPS) is 11.5. The first-order valence-electron chi connectivity index (χ1n) is 5.86. The van der Waals surface area contributed by atoms with Crippen molar-refractivity contribution >= 4 is 15.8 Å². The number of nitrogens with zero attached hydrogens (tertiary/aromatic N) is 1. The number of aryl methyl sites for hydroxylation is 1. The predicted octanol–water partition coefficient (Wildman–Crippen LogP) is 2.54. The molecule has 1 aromatic carbocycles. The molecule has 100 valence electrons. The largest absolute Gasteiger partial charge is 0.294 e. The molecule has 0 aliphatic rings. The second-order valence-electron chi connectivity index (χ2n) is 4.44. The van der Waals surface area contributed by atoms with Gasteiger partial charge in [-0.05, 0) is 38.5 Å². The highest BCUT2D eigenvalue weighted by Crippen LogP contribution is 2.22. The molecule has 0 radical (unpaired) electrons. The Labute approximate surface area is 112 Å². The summed E-state index contributed by atoms with van der Waals surface area (Å²) in [6, 6.07) is 8.18. The van der Waals surface area contributed by atoms with Crippen molar-refractivity contribution in [3.8, 4) is 0 Å². The summed E-state index contributed by atoms with van der Waals surface area (Å²) in [7, 11) is -3.64. The molecule has 1 heterocycles. The van der Waals surface area contributed by atoms with Crippen LogP contribution in [0.5, 0.6) is 0 Å². The average Bonchev–Trinajstić information content (AvgIpc) is 2.66. The van der Waals surface area contributed by atoms with Crippen LogP contribution in [0.2, 0.25) is 0 Å². The van der Waals surface area contributed by atoms with Crippen LogP contribution in [0.1, 0.15) is 28.5 Å². The number of aromatic nitrogens is 1. The molecule has 0 spiro atoms. The first-order valence-corrected chi connectivity index (χ1v) is 7.30. The second-order valence-corrected chi connectivity index (χ2v) is 6.26. The lowest BCUT2D eigenvalue weighted by molar-refractivity contribution is 0.101. The van der Waals surface area contributed by atoms with E-state index in [1.54, 1.807) is 32.0 Å². The molecule has 0 saturated heterocycles. The minimum Gasteiger partial charge on any atom is -0.294 e. The highest BCUT2D eigenvalue weighted by molar-refractivity contribution is 7.90. The maximum absolute atomic E-state index is 12.5. The minimum atomic E-state index is -3.64. The van der Waals surface area contributed by atoms with Gasteiger partial charge in [0.25, 0.3) is 10.0 Å². The summed E-state index contributed by atoms with van der Waals surface area (Å²) < 4.78 is 26.2. The van der Waals surface area contributed by atoms with Crippen molar-refractivity contribution in [2.75, 3.05) is 0 Å². The summed E-state index contributed by atoms with van der Waals surface area (Å²) in [5.74, 6) is -0.128. The van der Waals surface area contributed by atoms with Crippen LogP contribution in [0, 0.1) is 13.8 Å². The van der Waals surface area contributed by atoms with Crippen molar-refractivity contribution < 1.29 is 13.2 Å². The highest BCUT2D eigenvalue weighted by Gasteiger charge is 2.22. The molecule has 0 N–H and O–H groups in total. The van der Waals surface area contributed by atoms with E-state index in [0.717, 1.165) is 0 Å². The van der Waals surface area contributed by atoms with Crippen molar-refractivity contribution in [2.45, 2.75) is 25.7 Å². The van der Waals surface area contributed by atoms with Crippen molar-refractivity contribution in [2.24, 2.45) is 0 Å². The van der Waals surface area contributed by atoms with Gasteiger partial charge in [0.2, 0.25) is 0 Å². The number of Topliss-reactive ketones (excluding diaryl/α,β-unsaturated/α-hetero) is 1. The molecule has 2 aromatic rings. The number of hydrogen-bond donors (Lipinski definition) is 0. The first kappa shape index (κ1) is 13.5. The molecule has 0 aliphatic carbocycles. The Kier molecular flexibility index (Phi) is 3.32. The summed E-state index contributed by atoms with van der Waals surface area (Å²) in [5.41, 5.74) is 1.60. The van der Waals surface area contributed by atoms with Crippen molar-refractivity contribution in [1.82, 2.24) is 3.97 Å². The van der Waals surface area contributed by atoms with E-state index in [0.29, 0.717) is 16.8 Å². The summed E-state index contributed by atoms with van der Waals surface area (Å²) in [6.45, 7) is 4.82. The predicted molar refractivity (Wildman–Crippen MR) is 72.9 cm³/mol. The van der Waals surface area contributed by atoms with Crippen molar-refractivity contribution in [3.63, 3.8) is 0 Å². The Balaban J connectivity index is 2.67. The number of rotatable bonds is 3. The van der Waals surface area contributed by atoms with E-state index in [2.05, 4.69) is 0 Å². The van der Waals surface area contributed by atoms with Crippen LogP contribution >= 0.6 is 0 Å². The Morgan fingerprint density at radius 1 is 1.11 bits per heavy atom. The van der Waals surface area contributed by atoms with Gasteiger partial charge in [0, 0.05) is 17.5 Å². The molecule has 0 atom stereocenters. The lowest BCUT2D eigenvalue weighted by Crippen LogP contribution is -2.14. The molecule has 2 rings (SSSR count). The lowest BCUT2D eigenvalue weighted by Gasteiger charge is -2.08. The van der Waals surface area contributed by atoms with Crippen LogP contribution in [-0.2, 0) is 10.0 Å². The Bertz CT molecular complexity index is 728. The number of carbonyl (C=O) groups is 1. The third-order valence-electron chi connectivity index (χ3n) is 3.05. The van der Waals surface area contributed by atoms with Gasteiger partial charge >= 0.3 is 0 Å². The monoisotopic (exact) mass is 277 g/mol. The Morgan fingerprint density at radius 3 is 2.16 bits per heavy atom. The summed E-state index contributed by atoms with van der Waals surface area (Å²) in [4.78, 5) is 11.8. The average molecular weight is 277 g/mol. The molecular formula is C14H15NO3S. The van der Waals surface area contributed by atoms with E-state index in [1.165, 1.54) is 29.2 Å². The van der Waals surface area contributed by atoms with Gasteiger partial charge in [-0.25, -0.2) is 12.4 Å². The molecule has 5 heteroatoms. The zero-order valence-electron chi connectivity index (χ0n) is 11.0. The maximum Gasteiger partial charge on any atom is 0.267 e. The summed E-state index contributed by atoms with van der Waals surface area (Å²) >= 11 is 0. The standard InChI is InChI=1S/C14H15NO3S/c1-10-9-15(11(2)14(10)12(3)16)19(17,18)13-7-5-4-6-8-13/h4-9H,1-3H3. The fourth-order valence-electron chi connectivity index (χ4n) is 2.22. The zero-order chi connectivity index (χ0) is 14.2. The van der Waals surface area contributed by atoms with Gasteiger partial charge in [0.05, 0.1) is 4.90 Å². The van der Waals surface area contributed by atoms with Crippen molar-refractivity contribution in [3.05, 3.63) is 53.3 Å². The summed E-state index contributed by atoms with van der Waals surface area (Å²) in [6.07, 6.45) is 1.49. The van der Waals surface area contributed by atoms with Crippen LogP contribution in [0.4, 0.5) is 0 Å².